The molecular formula is C15H25NO3. The van der Waals surface area contributed by atoms with Crippen molar-refractivity contribution in [2.45, 2.75) is 63.1 Å². The minimum Gasteiger partial charge on any atom is -0.389 e. The smallest absolute Gasteiger partial charge is 0.254 e. The summed E-state index contributed by atoms with van der Waals surface area (Å²) in [5, 5.41) is 10.7. The van der Waals surface area contributed by atoms with Gasteiger partial charge in [-0.3, -0.25) is 4.79 Å². The molecule has 0 spiro atoms. The molecule has 0 radical (unpaired) electrons. The molecular weight excluding hydrogens is 242 g/mol. The Labute approximate surface area is 115 Å². The van der Waals surface area contributed by atoms with Crippen LogP contribution in [0.25, 0.3) is 0 Å². The monoisotopic (exact) mass is 267 g/mol. The SMILES string of the molecule is CC1(C(=O)N2CCC3(O)CCCCC3C2)CCCO1. The van der Waals surface area contributed by atoms with Gasteiger partial charge in [0.2, 0.25) is 0 Å². The molecule has 2 heterocycles. The molecule has 0 aromatic heterocycles. The number of carbonyl (C=O) groups is 1. The zero-order valence-corrected chi connectivity index (χ0v) is 11.9. The second-order valence-corrected chi connectivity index (χ2v) is 6.73. The van der Waals surface area contributed by atoms with Crippen LogP contribution in [-0.4, -0.2) is 46.8 Å². The Morgan fingerprint density at radius 1 is 1.26 bits per heavy atom. The number of rotatable bonds is 1. The van der Waals surface area contributed by atoms with Crippen molar-refractivity contribution in [2.75, 3.05) is 19.7 Å². The first-order chi connectivity index (χ1) is 9.04. The second-order valence-electron chi connectivity index (χ2n) is 6.73. The van der Waals surface area contributed by atoms with Crippen LogP contribution in [0.4, 0.5) is 0 Å². The highest BCUT2D eigenvalue weighted by molar-refractivity contribution is 5.85. The number of ether oxygens (including phenoxy) is 1. The number of hydrogen-bond acceptors (Lipinski definition) is 3. The molecule has 2 saturated heterocycles. The Bertz CT molecular complexity index is 364. The molecule has 3 unspecified atom stereocenters. The third-order valence-electron chi connectivity index (χ3n) is 5.39. The fourth-order valence-electron chi connectivity index (χ4n) is 4.04. The maximum absolute atomic E-state index is 12.6. The van der Waals surface area contributed by atoms with Gasteiger partial charge in [0.15, 0.2) is 0 Å². The number of amides is 1. The molecule has 1 N–H and O–H groups in total. The average molecular weight is 267 g/mol. The molecule has 3 aliphatic rings. The second kappa shape index (κ2) is 4.74. The predicted octanol–water partition coefficient (Wildman–Crippen LogP) is 1.71. The van der Waals surface area contributed by atoms with Gasteiger partial charge in [-0.2, -0.15) is 0 Å². The Morgan fingerprint density at radius 3 is 2.84 bits per heavy atom. The van der Waals surface area contributed by atoms with Crippen molar-refractivity contribution in [1.29, 1.82) is 0 Å². The van der Waals surface area contributed by atoms with Gasteiger partial charge < -0.3 is 14.7 Å². The number of piperidine rings is 1. The summed E-state index contributed by atoms with van der Waals surface area (Å²) in [6.45, 7) is 4.02. The van der Waals surface area contributed by atoms with Gasteiger partial charge in [-0.1, -0.05) is 12.8 Å². The van der Waals surface area contributed by atoms with Crippen molar-refractivity contribution in [2.24, 2.45) is 5.92 Å². The zero-order chi connectivity index (χ0) is 13.5. The van der Waals surface area contributed by atoms with E-state index in [2.05, 4.69) is 0 Å². The zero-order valence-electron chi connectivity index (χ0n) is 11.9. The number of likely N-dealkylation sites (tertiary alicyclic amines) is 1. The van der Waals surface area contributed by atoms with Crippen molar-refractivity contribution < 1.29 is 14.6 Å². The van der Waals surface area contributed by atoms with Crippen molar-refractivity contribution in [3.8, 4) is 0 Å². The summed E-state index contributed by atoms with van der Waals surface area (Å²) in [6.07, 6.45) is 6.82. The molecule has 1 amide bonds. The van der Waals surface area contributed by atoms with Crippen LogP contribution in [0.3, 0.4) is 0 Å². The topological polar surface area (TPSA) is 49.8 Å². The van der Waals surface area contributed by atoms with Crippen LogP contribution in [0.15, 0.2) is 0 Å². The van der Waals surface area contributed by atoms with Crippen LogP contribution in [-0.2, 0) is 9.53 Å². The Kier molecular flexibility index (Phi) is 3.34. The minimum absolute atomic E-state index is 0.137. The average Bonchev–Trinajstić information content (AvgIpc) is 2.85. The van der Waals surface area contributed by atoms with E-state index in [1.807, 2.05) is 11.8 Å². The molecule has 4 heteroatoms. The van der Waals surface area contributed by atoms with Gasteiger partial charge >= 0.3 is 0 Å². The summed E-state index contributed by atoms with van der Waals surface area (Å²) in [5.41, 5.74) is -1.11. The molecule has 4 nitrogen and oxygen atoms in total. The lowest BCUT2D eigenvalue weighted by molar-refractivity contribution is -0.161. The first-order valence-electron chi connectivity index (χ1n) is 7.69. The summed E-state index contributed by atoms with van der Waals surface area (Å²) < 4.78 is 5.66. The van der Waals surface area contributed by atoms with Crippen LogP contribution < -0.4 is 0 Å². The van der Waals surface area contributed by atoms with E-state index in [4.69, 9.17) is 4.74 Å². The fourth-order valence-corrected chi connectivity index (χ4v) is 4.04. The van der Waals surface area contributed by atoms with Crippen LogP contribution in [0.2, 0.25) is 0 Å². The molecule has 3 atom stereocenters. The highest BCUT2D eigenvalue weighted by Gasteiger charge is 2.47. The van der Waals surface area contributed by atoms with Gasteiger partial charge in [-0.15, -0.1) is 0 Å². The molecule has 3 fully saturated rings. The van der Waals surface area contributed by atoms with E-state index in [-0.39, 0.29) is 11.8 Å². The summed E-state index contributed by atoms with van der Waals surface area (Å²) in [4.78, 5) is 14.6. The van der Waals surface area contributed by atoms with Crippen LogP contribution >= 0.6 is 0 Å². The van der Waals surface area contributed by atoms with Gasteiger partial charge in [-0.05, 0) is 39.0 Å². The van der Waals surface area contributed by atoms with E-state index in [1.54, 1.807) is 0 Å². The van der Waals surface area contributed by atoms with Crippen LogP contribution in [0.5, 0.6) is 0 Å². The molecule has 0 aromatic rings. The third kappa shape index (κ3) is 2.29. The van der Waals surface area contributed by atoms with Crippen LogP contribution in [0.1, 0.15) is 51.9 Å². The third-order valence-corrected chi connectivity index (χ3v) is 5.39. The minimum atomic E-state index is -0.607. The van der Waals surface area contributed by atoms with Crippen molar-refractivity contribution >= 4 is 5.91 Å². The van der Waals surface area contributed by atoms with E-state index in [1.165, 1.54) is 6.42 Å². The van der Waals surface area contributed by atoms with Crippen molar-refractivity contribution in [3.63, 3.8) is 0 Å². The molecule has 3 rings (SSSR count). The molecule has 2 aliphatic heterocycles. The maximum atomic E-state index is 12.6. The van der Waals surface area contributed by atoms with E-state index in [0.29, 0.717) is 19.7 Å². The molecule has 0 bridgehead atoms. The summed E-state index contributed by atoms with van der Waals surface area (Å²) in [5.74, 6) is 0.404. The number of hydrogen-bond donors (Lipinski definition) is 1. The quantitative estimate of drug-likeness (QED) is 0.787. The first kappa shape index (κ1) is 13.4. The molecule has 1 saturated carbocycles. The number of carbonyl (C=O) groups excluding carboxylic acids is 1. The Hall–Kier alpha value is -0.610. The van der Waals surface area contributed by atoms with E-state index >= 15 is 0 Å². The molecule has 1 aliphatic carbocycles. The van der Waals surface area contributed by atoms with Crippen LogP contribution in [0, 0.1) is 5.92 Å². The lowest BCUT2D eigenvalue weighted by Crippen LogP contribution is -2.58. The standard InChI is InChI=1S/C15H25NO3/c1-14(6-4-10-19-14)13(17)16-9-8-15(18)7-3-2-5-12(15)11-16/h12,18H,2-11H2,1H3. The Balaban J connectivity index is 1.69. The summed E-state index contributed by atoms with van der Waals surface area (Å²) in [7, 11) is 0. The van der Waals surface area contributed by atoms with Gasteiger partial charge in [0, 0.05) is 25.6 Å². The fraction of sp³-hybridized carbons (Fsp3) is 0.933. The molecule has 108 valence electrons. The largest absolute Gasteiger partial charge is 0.389 e. The van der Waals surface area contributed by atoms with E-state index in [0.717, 1.165) is 38.5 Å². The Morgan fingerprint density at radius 2 is 2.11 bits per heavy atom. The van der Waals surface area contributed by atoms with Gasteiger partial charge in [0.25, 0.3) is 5.91 Å². The van der Waals surface area contributed by atoms with Gasteiger partial charge in [-0.25, -0.2) is 0 Å². The number of nitrogens with zero attached hydrogens (tertiary/aromatic N) is 1. The summed E-state index contributed by atoms with van der Waals surface area (Å²) >= 11 is 0. The molecule has 0 aromatic carbocycles. The lowest BCUT2D eigenvalue weighted by atomic mass is 9.71. The van der Waals surface area contributed by atoms with Crippen molar-refractivity contribution in [1.82, 2.24) is 4.90 Å². The van der Waals surface area contributed by atoms with E-state index in [9.17, 15) is 9.90 Å². The maximum Gasteiger partial charge on any atom is 0.254 e. The highest BCUT2D eigenvalue weighted by atomic mass is 16.5. The van der Waals surface area contributed by atoms with Gasteiger partial charge in [0.1, 0.15) is 5.60 Å². The summed E-state index contributed by atoms with van der Waals surface area (Å²) in [6, 6.07) is 0. The highest BCUT2D eigenvalue weighted by Crippen LogP contribution is 2.40. The van der Waals surface area contributed by atoms with Crippen molar-refractivity contribution in [3.05, 3.63) is 0 Å². The van der Waals surface area contributed by atoms with Gasteiger partial charge in [0.05, 0.1) is 5.60 Å². The number of fused-ring (bicyclic) bond motifs is 1. The lowest BCUT2D eigenvalue weighted by Gasteiger charge is -2.48. The molecule has 19 heavy (non-hydrogen) atoms. The first-order valence-corrected chi connectivity index (χ1v) is 7.69. The number of aliphatic hydroxyl groups is 1. The normalized spacial score (nSPS) is 43.1. The predicted molar refractivity (Wildman–Crippen MR) is 71.7 cm³/mol. The van der Waals surface area contributed by atoms with E-state index < -0.39 is 11.2 Å².